The molecule has 0 saturated carbocycles. The fourth-order valence-corrected chi connectivity index (χ4v) is 3.48. The minimum Gasteiger partial charge on any atom is -0.489 e. The summed E-state index contributed by atoms with van der Waals surface area (Å²) in [6, 6.07) is 18.1. The zero-order valence-corrected chi connectivity index (χ0v) is 15.9. The van der Waals surface area contributed by atoms with Crippen LogP contribution in [0.2, 0.25) is 0 Å². The highest BCUT2D eigenvalue weighted by molar-refractivity contribution is 7.12. The molecule has 2 aromatic carbocycles. The van der Waals surface area contributed by atoms with Gasteiger partial charge in [-0.2, -0.15) is 0 Å². The zero-order valence-electron chi connectivity index (χ0n) is 15.1. The van der Waals surface area contributed by atoms with Crippen molar-refractivity contribution in [2.24, 2.45) is 0 Å². The molecule has 0 aliphatic heterocycles. The van der Waals surface area contributed by atoms with Crippen molar-refractivity contribution < 1.29 is 9.53 Å². The second-order valence-corrected chi connectivity index (χ2v) is 7.21. The van der Waals surface area contributed by atoms with Crippen LogP contribution >= 0.6 is 11.3 Å². The monoisotopic (exact) mass is 365 g/mol. The quantitative estimate of drug-likeness (QED) is 0.646. The number of carbonyl (C=O) groups excluding carboxylic acids is 1. The molecule has 26 heavy (non-hydrogen) atoms. The van der Waals surface area contributed by atoms with E-state index in [1.54, 1.807) is 0 Å². The SMILES string of the molecule is Cc1cccc(OCc2csc(C(=O)NCCc3ccccc3)c2)c1C. The topological polar surface area (TPSA) is 38.3 Å². The summed E-state index contributed by atoms with van der Waals surface area (Å²) in [6.07, 6.45) is 0.834. The van der Waals surface area contributed by atoms with E-state index < -0.39 is 0 Å². The number of nitrogens with one attached hydrogen (secondary N) is 1. The summed E-state index contributed by atoms with van der Waals surface area (Å²) in [7, 11) is 0. The van der Waals surface area contributed by atoms with Crippen LogP contribution in [0, 0.1) is 13.8 Å². The van der Waals surface area contributed by atoms with Crippen LogP contribution in [0.1, 0.15) is 31.9 Å². The standard InChI is InChI=1S/C22H23NO2S/c1-16-7-6-10-20(17(16)2)25-14-19-13-21(26-15-19)22(24)23-12-11-18-8-4-3-5-9-18/h3-10,13,15H,11-12,14H2,1-2H3,(H,23,24). The molecule has 3 aromatic rings. The molecule has 0 fully saturated rings. The van der Waals surface area contributed by atoms with Crippen molar-refractivity contribution >= 4 is 17.2 Å². The number of hydrogen-bond donors (Lipinski definition) is 1. The largest absolute Gasteiger partial charge is 0.489 e. The van der Waals surface area contributed by atoms with Crippen molar-refractivity contribution in [3.63, 3.8) is 0 Å². The summed E-state index contributed by atoms with van der Waals surface area (Å²) in [6.45, 7) is 5.24. The molecule has 1 amide bonds. The van der Waals surface area contributed by atoms with Gasteiger partial charge >= 0.3 is 0 Å². The number of aryl methyl sites for hydroxylation is 1. The smallest absolute Gasteiger partial charge is 0.261 e. The van der Waals surface area contributed by atoms with E-state index in [0.717, 1.165) is 28.2 Å². The molecule has 0 aliphatic rings. The highest BCUT2D eigenvalue weighted by Gasteiger charge is 2.10. The predicted octanol–water partition coefficient (Wildman–Crippen LogP) is 4.92. The van der Waals surface area contributed by atoms with Gasteiger partial charge in [0.05, 0.1) is 4.88 Å². The third kappa shape index (κ3) is 4.73. The third-order valence-electron chi connectivity index (χ3n) is 4.37. The van der Waals surface area contributed by atoms with Gasteiger partial charge in [-0.1, -0.05) is 42.5 Å². The van der Waals surface area contributed by atoms with E-state index in [4.69, 9.17) is 4.74 Å². The van der Waals surface area contributed by atoms with Gasteiger partial charge in [0.2, 0.25) is 0 Å². The summed E-state index contributed by atoms with van der Waals surface area (Å²) in [5, 5.41) is 4.97. The highest BCUT2D eigenvalue weighted by Crippen LogP contribution is 2.23. The maximum atomic E-state index is 12.3. The molecule has 3 nitrogen and oxygen atoms in total. The Hall–Kier alpha value is -2.59. The van der Waals surface area contributed by atoms with Crippen LogP contribution < -0.4 is 10.1 Å². The van der Waals surface area contributed by atoms with Crippen molar-refractivity contribution in [3.8, 4) is 5.75 Å². The fraction of sp³-hybridized carbons (Fsp3) is 0.227. The molecule has 0 radical (unpaired) electrons. The molecule has 3 rings (SSSR count). The lowest BCUT2D eigenvalue weighted by Gasteiger charge is -2.09. The molecule has 1 aromatic heterocycles. The Bertz CT molecular complexity index is 871. The second-order valence-electron chi connectivity index (χ2n) is 6.30. The van der Waals surface area contributed by atoms with Gasteiger partial charge in [-0.05, 0) is 54.5 Å². The molecule has 0 atom stereocenters. The summed E-state index contributed by atoms with van der Waals surface area (Å²) >= 11 is 1.45. The lowest BCUT2D eigenvalue weighted by Crippen LogP contribution is -2.24. The minimum absolute atomic E-state index is 0.0242. The van der Waals surface area contributed by atoms with E-state index in [0.29, 0.717) is 13.2 Å². The van der Waals surface area contributed by atoms with Crippen molar-refractivity contribution in [1.29, 1.82) is 0 Å². The Morgan fingerprint density at radius 1 is 1.04 bits per heavy atom. The van der Waals surface area contributed by atoms with E-state index in [1.165, 1.54) is 22.5 Å². The van der Waals surface area contributed by atoms with E-state index in [1.807, 2.05) is 41.8 Å². The van der Waals surface area contributed by atoms with Crippen LogP contribution in [-0.2, 0) is 13.0 Å². The first kappa shape index (κ1) is 18.2. The average molecular weight is 365 g/mol. The first-order chi connectivity index (χ1) is 12.6. The van der Waals surface area contributed by atoms with Crippen LogP contribution in [0.25, 0.3) is 0 Å². The molecule has 1 heterocycles. The van der Waals surface area contributed by atoms with E-state index in [-0.39, 0.29) is 5.91 Å². The molecular weight excluding hydrogens is 342 g/mol. The predicted molar refractivity (Wildman–Crippen MR) is 107 cm³/mol. The van der Waals surface area contributed by atoms with Gasteiger partial charge in [0.1, 0.15) is 12.4 Å². The minimum atomic E-state index is -0.0242. The Morgan fingerprint density at radius 3 is 2.65 bits per heavy atom. The van der Waals surface area contributed by atoms with Gasteiger partial charge < -0.3 is 10.1 Å². The molecule has 0 aliphatic carbocycles. The van der Waals surface area contributed by atoms with Crippen LogP contribution in [0.15, 0.2) is 60.0 Å². The first-order valence-electron chi connectivity index (χ1n) is 8.72. The molecule has 0 bridgehead atoms. The van der Waals surface area contributed by atoms with Crippen LogP contribution in [-0.4, -0.2) is 12.5 Å². The van der Waals surface area contributed by atoms with Gasteiger partial charge in [-0.15, -0.1) is 11.3 Å². The van der Waals surface area contributed by atoms with Gasteiger partial charge in [0, 0.05) is 12.1 Å². The summed E-state index contributed by atoms with van der Waals surface area (Å²) in [5.74, 6) is 0.869. The Balaban J connectivity index is 1.50. The number of benzene rings is 2. The molecule has 0 unspecified atom stereocenters. The van der Waals surface area contributed by atoms with Crippen LogP contribution in [0.4, 0.5) is 0 Å². The molecule has 134 valence electrons. The third-order valence-corrected chi connectivity index (χ3v) is 5.35. The maximum Gasteiger partial charge on any atom is 0.261 e. The van der Waals surface area contributed by atoms with Crippen LogP contribution in [0.3, 0.4) is 0 Å². The van der Waals surface area contributed by atoms with Crippen molar-refractivity contribution in [2.75, 3.05) is 6.54 Å². The van der Waals surface area contributed by atoms with Crippen LogP contribution in [0.5, 0.6) is 5.75 Å². The first-order valence-corrected chi connectivity index (χ1v) is 9.60. The van der Waals surface area contributed by atoms with Crippen molar-refractivity contribution in [1.82, 2.24) is 5.32 Å². The van der Waals surface area contributed by atoms with Gasteiger partial charge in [0.25, 0.3) is 5.91 Å². The highest BCUT2D eigenvalue weighted by atomic mass is 32.1. The molecule has 0 saturated heterocycles. The average Bonchev–Trinajstić information content (AvgIpc) is 3.13. The zero-order chi connectivity index (χ0) is 18.4. The summed E-state index contributed by atoms with van der Waals surface area (Å²) < 4.78 is 5.91. The second kappa shape index (κ2) is 8.68. The number of thiophene rings is 1. The lowest BCUT2D eigenvalue weighted by atomic mass is 10.1. The molecule has 1 N–H and O–H groups in total. The number of amides is 1. The lowest BCUT2D eigenvalue weighted by molar-refractivity contribution is 0.0958. The van der Waals surface area contributed by atoms with E-state index >= 15 is 0 Å². The van der Waals surface area contributed by atoms with Crippen molar-refractivity contribution in [3.05, 3.63) is 87.1 Å². The number of hydrogen-bond acceptors (Lipinski definition) is 3. The van der Waals surface area contributed by atoms with E-state index in [2.05, 4.69) is 37.4 Å². The van der Waals surface area contributed by atoms with Gasteiger partial charge in [0.15, 0.2) is 0 Å². The normalized spacial score (nSPS) is 10.5. The Kier molecular flexibility index (Phi) is 6.08. The van der Waals surface area contributed by atoms with Gasteiger partial charge in [-0.3, -0.25) is 4.79 Å². The summed E-state index contributed by atoms with van der Waals surface area (Å²) in [5.41, 5.74) is 4.61. The summed E-state index contributed by atoms with van der Waals surface area (Å²) in [4.78, 5) is 13.0. The number of rotatable bonds is 7. The Labute approximate surface area is 158 Å². The van der Waals surface area contributed by atoms with E-state index in [9.17, 15) is 4.79 Å². The Morgan fingerprint density at radius 2 is 1.85 bits per heavy atom. The molecule has 4 heteroatoms. The number of carbonyl (C=O) groups is 1. The van der Waals surface area contributed by atoms with Gasteiger partial charge in [-0.25, -0.2) is 0 Å². The number of ether oxygens (including phenoxy) is 1. The fourth-order valence-electron chi connectivity index (χ4n) is 2.66. The molecular formula is C22H23NO2S. The van der Waals surface area contributed by atoms with Crippen molar-refractivity contribution in [2.45, 2.75) is 26.9 Å². The molecule has 0 spiro atoms. The maximum absolute atomic E-state index is 12.3.